The molecule has 3 nitrogen and oxygen atoms in total. The van der Waals surface area contributed by atoms with Gasteiger partial charge in [0.05, 0.1) is 7.11 Å². The molecule has 2 rings (SSSR count). The molecule has 0 heterocycles. The second-order valence-electron chi connectivity index (χ2n) is 4.58. The minimum atomic E-state index is 0.407. The van der Waals surface area contributed by atoms with Crippen LogP contribution >= 0.6 is 0 Å². The molecule has 1 fully saturated rings. The minimum Gasteiger partial charge on any atom is -0.497 e. The largest absolute Gasteiger partial charge is 0.497 e. The van der Waals surface area contributed by atoms with E-state index in [1.807, 2.05) is 12.1 Å². The molecule has 3 heteroatoms. The maximum atomic E-state index is 11.2. The number of Topliss-reactive ketones (excluding diaryl/α,β-unsaturated/α-hetero) is 1. The lowest BCUT2D eigenvalue weighted by molar-refractivity contribution is -0.120. The van der Waals surface area contributed by atoms with Crippen molar-refractivity contribution < 1.29 is 9.53 Å². The van der Waals surface area contributed by atoms with Crippen LogP contribution in [0.3, 0.4) is 0 Å². The summed E-state index contributed by atoms with van der Waals surface area (Å²) in [5, 5.41) is 0. The summed E-state index contributed by atoms with van der Waals surface area (Å²) < 4.78 is 5.15. The Hall–Kier alpha value is -1.51. The number of benzene rings is 1. The van der Waals surface area contributed by atoms with Crippen LogP contribution in [0.5, 0.6) is 5.75 Å². The van der Waals surface area contributed by atoms with Crippen molar-refractivity contribution in [2.45, 2.75) is 31.7 Å². The second-order valence-corrected chi connectivity index (χ2v) is 4.58. The van der Waals surface area contributed by atoms with Gasteiger partial charge in [-0.15, -0.1) is 0 Å². The lowest BCUT2D eigenvalue weighted by atomic mass is 9.93. The van der Waals surface area contributed by atoms with E-state index in [9.17, 15) is 4.79 Å². The molecule has 0 saturated heterocycles. The van der Waals surface area contributed by atoms with Gasteiger partial charge in [-0.05, 0) is 37.1 Å². The van der Waals surface area contributed by atoms with Crippen molar-refractivity contribution in [2.75, 3.05) is 19.1 Å². The average molecular weight is 233 g/mol. The number of hydrogen-bond donors (Lipinski definition) is 0. The highest BCUT2D eigenvalue weighted by Gasteiger charge is 2.22. The molecule has 0 atom stereocenters. The molecular formula is C14H19NO2. The van der Waals surface area contributed by atoms with E-state index in [2.05, 4.69) is 24.1 Å². The number of ether oxygens (including phenoxy) is 1. The quantitative estimate of drug-likeness (QED) is 0.803. The van der Waals surface area contributed by atoms with Crippen LogP contribution in [-0.4, -0.2) is 26.0 Å². The molecule has 0 aliphatic heterocycles. The Morgan fingerprint density at radius 1 is 1.18 bits per heavy atom. The monoisotopic (exact) mass is 233 g/mol. The molecule has 0 amide bonds. The van der Waals surface area contributed by atoms with Crippen molar-refractivity contribution in [2.24, 2.45) is 0 Å². The Bertz CT molecular complexity index is 376. The smallest absolute Gasteiger partial charge is 0.133 e. The molecule has 17 heavy (non-hydrogen) atoms. The van der Waals surface area contributed by atoms with E-state index in [0.29, 0.717) is 11.8 Å². The summed E-state index contributed by atoms with van der Waals surface area (Å²) in [6.45, 7) is 0. The maximum absolute atomic E-state index is 11.2. The molecule has 0 radical (unpaired) electrons. The number of hydrogen-bond acceptors (Lipinski definition) is 3. The third kappa shape index (κ3) is 2.78. The second kappa shape index (κ2) is 5.21. The zero-order valence-electron chi connectivity index (χ0n) is 10.5. The van der Waals surface area contributed by atoms with Gasteiger partial charge in [0.15, 0.2) is 0 Å². The normalized spacial score (nSPS) is 16.9. The molecule has 0 N–H and O–H groups in total. The molecule has 0 unspecified atom stereocenters. The Morgan fingerprint density at radius 2 is 1.76 bits per heavy atom. The zero-order chi connectivity index (χ0) is 12.3. The molecule has 1 aromatic carbocycles. The number of carbonyl (C=O) groups is 1. The number of carbonyl (C=O) groups excluding carboxylic acids is 1. The Morgan fingerprint density at radius 3 is 2.29 bits per heavy atom. The van der Waals surface area contributed by atoms with Gasteiger partial charge < -0.3 is 9.64 Å². The van der Waals surface area contributed by atoms with E-state index >= 15 is 0 Å². The van der Waals surface area contributed by atoms with Crippen molar-refractivity contribution in [1.82, 2.24) is 0 Å². The van der Waals surface area contributed by atoms with Gasteiger partial charge in [-0.3, -0.25) is 4.79 Å². The van der Waals surface area contributed by atoms with Gasteiger partial charge in [0.25, 0.3) is 0 Å². The van der Waals surface area contributed by atoms with Crippen molar-refractivity contribution in [3.05, 3.63) is 24.3 Å². The first-order valence-corrected chi connectivity index (χ1v) is 6.09. The molecule has 1 aliphatic carbocycles. The predicted molar refractivity (Wildman–Crippen MR) is 68.7 cm³/mol. The van der Waals surface area contributed by atoms with E-state index < -0.39 is 0 Å². The van der Waals surface area contributed by atoms with Gasteiger partial charge in [-0.1, -0.05) is 0 Å². The average Bonchev–Trinajstić information content (AvgIpc) is 2.39. The van der Waals surface area contributed by atoms with Gasteiger partial charge in [0.1, 0.15) is 11.5 Å². The lowest BCUT2D eigenvalue weighted by Gasteiger charge is -2.32. The van der Waals surface area contributed by atoms with Crippen LogP contribution in [-0.2, 0) is 4.79 Å². The van der Waals surface area contributed by atoms with E-state index in [-0.39, 0.29) is 0 Å². The van der Waals surface area contributed by atoms with Crippen LogP contribution < -0.4 is 9.64 Å². The van der Waals surface area contributed by atoms with Gasteiger partial charge in [-0.25, -0.2) is 0 Å². The van der Waals surface area contributed by atoms with Gasteiger partial charge >= 0.3 is 0 Å². The van der Waals surface area contributed by atoms with Gasteiger partial charge in [0.2, 0.25) is 0 Å². The number of anilines is 1. The molecule has 1 aliphatic rings. The summed E-state index contributed by atoms with van der Waals surface area (Å²) in [6, 6.07) is 8.56. The molecule has 1 aromatic rings. The first kappa shape index (κ1) is 12.0. The lowest BCUT2D eigenvalue weighted by Crippen LogP contribution is -2.35. The van der Waals surface area contributed by atoms with Crippen LogP contribution in [0.25, 0.3) is 0 Å². The topological polar surface area (TPSA) is 29.5 Å². The number of methoxy groups -OCH3 is 1. The summed E-state index contributed by atoms with van der Waals surface area (Å²) >= 11 is 0. The van der Waals surface area contributed by atoms with Gasteiger partial charge in [-0.2, -0.15) is 0 Å². The fourth-order valence-corrected chi connectivity index (χ4v) is 2.34. The fourth-order valence-electron chi connectivity index (χ4n) is 2.34. The summed E-state index contributed by atoms with van der Waals surface area (Å²) in [7, 11) is 3.77. The predicted octanol–water partition coefficient (Wildman–Crippen LogP) is 2.64. The SMILES string of the molecule is COc1ccc(N(C)C2CCC(=O)CC2)cc1. The fraction of sp³-hybridized carbons (Fsp3) is 0.500. The number of ketones is 1. The van der Waals surface area contributed by atoms with E-state index in [4.69, 9.17) is 4.74 Å². The highest BCUT2D eigenvalue weighted by molar-refractivity contribution is 5.79. The number of nitrogens with zero attached hydrogens (tertiary/aromatic N) is 1. The zero-order valence-corrected chi connectivity index (χ0v) is 10.5. The Balaban J connectivity index is 2.03. The van der Waals surface area contributed by atoms with E-state index in [1.54, 1.807) is 7.11 Å². The van der Waals surface area contributed by atoms with Crippen molar-refractivity contribution in [3.8, 4) is 5.75 Å². The van der Waals surface area contributed by atoms with Crippen LogP contribution in [0.1, 0.15) is 25.7 Å². The van der Waals surface area contributed by atoms with Crippen LogP contribution in [0, 0.1) is 0 Å². The first-order valence-electron chi connectivity index (χ1n) is 6.09. The highest BCUT2D eigenvalue weighted by Crippen LogP contribution is 2.26. The minimum absolute atomic E-state index is 0.407. The highest BCUT2D eigenvalue weighted by atomic mass is 16.5. The molecule has 92 valence electrons. The molecular weight excluding hydrogens is 214 g/mol. The first-order chi connectivity index (χ1) is 8.20. The Kier molecular flexibility index (Phi) is 3.67. The van der Waals surface area contributed by atoms with E-state index in [1.165, 1.54) is 5.69 Å². The summed E-state index contributed by atoms with van der Waals surface area (Å²) in [5.74, 6) is 1.28. The van der Waals surface area contributed by atoms with E-state index in [0.717, 1.165) is 31.4 Å². The Labute approximate surface area is 102 Å². The summed E-state index contributed by atoms with van der Waals surface area (Å²) in [6.07, 6.45) is 3.40. The third-order valence-electron chi connectivity index (χ3n) is 3.54. The van der Waals surface area contributed by atoms with Crippen molar-refractivity contribution in [3.63, 3.8) is 0 Å². The number of rotatable bonds is 3. The van der Waals surface area contributed by atoms with Crippen LogP contribution in [0.15, 0.2) is 24.3 Å². The van der Waals surface area contributed by atoms with Crippen molar-refractivity contribution >= 4 is 11.5 Å². The summed E-state index contributed by atoms with van der Waals surface area (Å²) in [5.41, 5.74) is 1.19. The molecule has 0 bridgehead atoms. The molecule has 1 saturated carbocycles. The standard InChI is InChI=1S/C14H19NO2/c1-15(11-3-7-13(16)8-4-11)12-5-9-14(17-2)10-6-12/h5-6,9-11H,3-4,7-8H2,1-2H3. The van der Waals surface area contributed by atoms with Gasteiger partial charge in [0, 0.05) is 31.6 Å². The molecule has 0 aromatic heterocycles. The van der Waals surface area contributed by atoms with Crippen LogP contribution in [0.4, 0.5) is 5.69 Å². The third-order valence-corrected chi connectivity index (χ3v) is 3.54. The summed E-state index contributed by atoms with van der Waals surface area (Å²) in [4.78, 5) is 13.5. The molecule has 0 spiro atoms. The van der Waals surface area contributed by atoms with Crippen LogP contribution in [0.2, 0.25) is 0 Å². The van der Waals surface area contributed by atoms with Crippen molar-refractivity contribution in [1.29, 1.82) is 0 Å². The maximum Gasteiger partial charge on any atom is 0.133 e.